The fourth-order valence-electron chi connectivity index (χ4n) is 4.17. The lowest BCUT2D eigenvalue weighted by Crippen LogP contribution is -2.58. The summed E-state index contributed by atoms with van der Waals surface area (Å²) >= 11 is 6.27. The first-order valence-electron chi connectivity index (χ1n) is 11.7. The molecule has 0 aromatic heterocycles. The van der Waals surface area contributed by atoms with Gasteiger partial charge in [-0.05, 0) is 82.1 Å². The summed E-state index contributed by atoms with van der Waals surface area (Å²) < 4.78 is 35.1. The van der Waals surface area contributed by atoms with E-state index in [9.17, 15) is 13.2 Å². The van der Waals surface area contributed by atoms with E-state index in [0.717, 1.165) is 11.1 Å². The molecule has 0 aliphatic carbocycles. The zero-order valence-electron chi connectivity index (χ0n) is 21.2. The van der Waals surface area contributed by atoms with Gasteiger partial charge in [0.25, 0.3) is 0 Å². The van der Waals surface area contributed by atoms with E-state index in [2.05, 4.69) is 18.7 Å². The smallest absolute Gasteiger partial charge is 0.410 e. The van der Waals surface area contributed by atoms with Gasteiger partial charge in [-0.25, -0.2) is 13.2 Å². The first-order chi connectivity index (χ1) is 16.2. The van der Waals surface area contributed by atoms with E-state index in [1.165, 1.54) is 18.4 Å². The topological polar surface area (TPSA) is 76.2 Å². The molecule has 2 aromatic rings. The zero-order valence-corrected chi connectivity index (χ0v) is 22.8. The number of aryl methyl sites for hydroxylation is 1. The van der Waals surface area contributed by atoms with E-state index in [1.54, 1.807) is 17.0 Å². The van der Waals surface area contributed by atoms with Crippen LogP contribution in [-0.2, 0) is 14.6 Å². The number of nitrogens with zero attached hydrogens (tertiary/aromatic N) is 2. The SMILES string of the molecule is Cc1ccc(Cl)cc1C(C)N1CCN(C(=O)OC(C)(C)C)C(COc2ccc(S(C)(=O)=O)cc2)C1. The van der Waals surface area contributed by atoms with Crippen LogP contribution in [0.25, 0.3) is 0 Å². The first kappa shape index (κ1) is 27.3. The van der Waals surface area contributed by atoms with Crippen LogP contribution in [0.15, 0.2) is 47.4 Å². The van der Waals surface area contributed by atoms with Crippen molar-refractivity contribution in [3.05, 3.63) is 58.6 Å². The molecule has 192 valence electrons. The third-order valence-electron chi connectivity index (χ3n) is 6.08. The van der Waals surface area contributed by atoms with Gasteiger partial charge in [0.05, 0.1) is 10.9 Å². The lowest BCUT2D eigenvalue weighted by molar-refractivity contribution is -0.0151. The van der Waals surface area contributed by atoms with Crippen LogP contribution in [0, 0.1) is 6.92 Å². The van der Waals surface area contributed by atoms with Crippen LogP contribution < -0.4 is 4.74 Å². The maximum atomic E-state index is 13.0. The Labute approximate surface area is 213 Å². The van der Waals surface area contributed by atoms with Crippen molar-refractivity contribution in [2.45, 2.75) is 57.2 Å². The summed E-state index contributed by atoms with van der Waals surface area (Å²) in [6.07, 6.45) is 0.797. The summed E-state index contributed by atoms with van der Waals surface area (Å²) in [6.45, 7) is 11.8. The van der Waals surface area contributed by atoms with E-state index in [1.807, 2.05) is 39.0 Å². The average Bonchev–Trinajstić information content (AvgIpc) is 2.77. The fourth-order valence-corrected chi connectivity index (χ4v) is 4.98. The third kappa shape index (κ3) is 7.35. The normalized spacial score (nSPS) is 18.3. The molecule has 35 heavy (non-hydrogen) atoms. The molecule has 0 saturated carbocycles. The van der Waals surface area contributed by atoms with Gasteiger partial charge in [-0.15, -0.1) is 0 Å². The minimum Gasteiger partial charge on any atom is -0.491 e. The average molecular weight is 523 g/mol. The molecule has 1 amide bonds. The molecule has 1 saturated heterocycles. The first-order valence-corrected chi connectivity index (χ1v) is 13.9. The Morgan fingerprint density at radius 1 is 1.14 bits per heavy atom. The highest BCUT2D eigenvalue weighted by molar-refractivity contribution is 7.90. The minimum absolute atomic E-state index is 0.103. The highest BCUT2D eigenvalue weighted by atomic mass is 35.5. The third-order valence-corrected chi connectivity index (χ3v) is 7.44. The molecular formula is C26H35ClN2O5S. The van der Waals surface area contributed by atoms with Gasteiger partial charge in [-0.1, -0.05) is 17.7 Å². The monoisotopic (exact) mass is 522 g/mol. The summed E-state index contributed by atoms with van der Waals surface area (Å²) in [5.41, 5.74) is 1.71. The molecule has 0 spiro atoms. The predicted octanol–water partition coefficient (Wildman–Crippen LogP) is 5.11. The maximum absolute atomic E-state index is 13.0. The molecule has 2 atom stereocenters. The molecule has 0 radical (unpaired) electrons. The summed E-state index contributed by atoms with van der Waals surface area (Å²) in [7, 11) is -3.28. The van der Waals surface area contributed by atoms with Gasteiger partial charge in [0.15, 0.2) is 9.84 Å². The largest absolute Gasteiger partial charge is 0.491 e. The molecule has 0 N–H and O–H groups in total. The highest BCUT2D eigenvalue weighted by Crippen LogP contribution is 2.29. The van der Waals surface area contributed by atoms with Gasteiger partial charge in [0, 0.05) is 37.0 Å². The number of hydrogen-bond donors (Lipinski definition) is 0. The van der Waals surface area contributed by atoms with E-state index in [4.69, 9.17) is 21.1 Å². The van der Waals surface area contributed by atoms with E-state index in [-0.39, 0.29) is 29.7 Å². The van der Waals surface area contributed by atoms with E-state index in [0.29, 0.717) is 30.4 Å². The van der Waals surface area contributed by atoms with Crippen LogP contribution in [0.3, 0.4) is 0 Å². The quantitative estimate of drug-likeness (QED) is 0.524. The summed E-state index contributed by atoms with van der Waals surface area (Å²) in [5, 5.41) is 0.697. The van der Waals surface area contributed by atoms with Gasteiger partial charge >= 0.3 is 6.09 Å². The second-order valence-electron chi connectivity index (χ2n) is 10.1. The number of rotatable bonds is 6. The Kier molecular flexibility index (Phi) is 8.40. The molecule has 1 fully saturated rings. The Morgan fingerprint density at radius 3 is 2.40 bits per heavy atom. The lowest BCUT2D eigenvalue weighted by atomic mass is 9.99. The fraction of sp³-hybridized carbons (Fsp3) is 0.500. The van der Waals surface area contributed by atoms with Crippen LogP contribution in [0.2, 0.25) is 5.02 Å². The number of ether oxygens (including phenoxy) is 2. The van der Waals surface area contributed by atoms with Gasteiger partial charge < -0.3 is 9.47 Å². The number of carbonyl (C=O) groups excluding carboxylic acids is 1. The van der Waals surface area contributed by atoms with Gasteiger partial charge in [-0.2, -0.15) is 0 Å². The van der Waals surface area contributed by atoms with Crippen molar-refractivity contribution in [1.29, 1.82) is 0 Å². The number of benzene rings is 2. The number of piperazine rings is 1. The molecule has 2 unspecified atom stereocenters. The zero-order chi connectivity index (χ0) is 26.0. The van der Waals surface area contributed by atoms with Crippen molar-refractivity contribution in [1.82, 2.24) is 9.80 Å². The van der Waals surface area contributed by atoms with Gasteiger partial charge in [0.1, 0.15) is 18.0 Å². The molecule has 1 heterocycles. The number of carbonyl (C=O) groups is 1. The Bertz CT molecular complexity index is 1150. The summed E-state index contributed by atoms with van der Waals surface area (Å²) in [5.74, 6) is 0.539. The highest BCUT2D eigenvalue weighted by Gasteiger charge is 2.35. The van der Waals surface area contributed by atoms with Crippen molar-refractivity contribution < 1.29 is 22.7 Å². The Balaban J connectivity index is 1.78. The second-order valence-corrected chi connectivity index (χ2v) is 12.5. The molecule has 7 nitrogen and oxygen atoms in total. The van der Waals surface area contributed by atoms with Crippen molar-refractivity contribution in [3.63, 3.8) is 0 Å². The standard InChI is InChI=1S/C26H35ClN2O5S/c1-18-7-8-20(27)15-24(18)19(2)28-13-14-29(25(30)34-26(3,4)5)21(16-28)17-33-22-9-11-23(12-10-22)35(6,31)32/h7-12,15,19,21H,13-14,16-17H2,1-6H3. The van der Waals surface area contributed by atoms with Crippen molar-refractivity contribution in [2.24, 2.45) is 0 Å². The predicted molar refractivity (Wildman–Crippen MR) is 138 cm³/mol. The van der Waals surface area contributed by atoms with E-state index >= 15 is 0 Å². The van der Waals surface area contributed by atoms with Crippen molar-refractivity contribution in [2.75, 3.05) is 32.5 Å². The van der Waals surface area contributed by atoms with Crippen LogP contribution in [0.1, 0.15) is 44.9 Å². The number of halogens is 1. The van der Waals surface area contributed by atoms with Crippen molar-refractivity contribution >= 4 is 27.5 Å². The summed E-state index contributed by atoms with van der Waals surface area (Å²) in [6, 6.07) is 12.1. The summed E-state index contributed by atoms with van der Waals surface area (Å²) in [4.78, 5) is 17.3. The Hall–Kier alpha value is -2.29. The second kappa shape index (κ2) is 10.8. The van der Waals surface area contributed by atoms with Crippen LogP contribution in [0.4, 0.5) is 4.79 Å². The molecule has 1 aliphatic heterocycles. The molecule has 3 rings (SSSR count). The van der Waals surface area contributed by atoms with Gasteiger partial charge in [-0.3, -0.25) is 9.80 Å². The molecule has 9 heteroatoms. The number of sulfone groups is 1. The number of hydrogen-bond acceptors (Lipinski definition) is 6. The molecule has 1 aliphatic rings. The number of amides is 1. The van der Waals surface area contributed by atoms with Crippen LogP contribution in [0.5, 0.6) is 5.75 Å². The van der Waals surface area contributed by atoms with Crippen molar-refractivity contribution in [3.8, 4) is 5.75 Å². The Morgan fingerprint density at radius 2 is 1.80 bits per heavy atom. The lowest BCUT2D eigenvalue weighted by Gasteiger charge is -2.44. The molecular weight excluding hydrogens is 488 g/mol. The maximum Gasteiger partial charge on any atom is 0.410 e. The van der Waals surface area contributed by atoms with Gasteiger partial charge in [0.2, 0.25) is 0 Å². The minimum atomic E-state index is -3.28. The van der Waals surface area contributed by atoms with Crippen LogP contribution in [-0.4, -0.2) is 68.5 Å². The van der Waals surface area contributed by atoms with Crippen LogP contribution >= 0.6 is 11.6 Å². The molecule has 2 aromatic carbocycles. The van der Waals surface area contributed by atoms with E-state index < -0.39 is 15.4 Å². The molecule has 0 bridgehead atoms.